The van der Waals surface area contributed by atoms with Gasteiger partial charge < -0.3 is 14.1 Å². The lowest BCUT2D eigenvalue weighted by Gasteiger charge is -2.40. The first-order valence-electron chi connectivity index (χ1n) is 9.55. The van der Waals surface area contributed by atoms with Crippen LogP contribution in [0.3, 0.4) is 0 Å². The highest BCUT2D eigenvalue weighted by molar-refractivity contribution is 8.00. The second kappa shape index (κ2) is 8.78. The van der Waals surface area contributed by atoms with Gasteiger partial charge in [-0.1, -0.05) is 11.8 Å². The van der Waals surface area contributed by atoms with Gasteiger partial charge in [0, 0.05) is 17.6 Å². The van der Waals surface area contributed by atoms with Gasteiger partial charge in [0.15, 0.2) is 0 Å². The Morgan fingerprint density at radius 3 is 2.56 bits per heavy atom. The van der Waals surface area contributed by atoms with Gasteiger partial charge in [0.05, 0.1) is 11.9 Å². The summed E-state index contributed by atoms with van der Waals surface area (Å²) in [6.45, 7) is 8.73. The summed E-state index contributed by atoms with van der Waals surface area (Å²) < 4.78 is 11.2. The molecule has 7 heteroatoms. The van der Waals surface area contributed by atoms with E-state index in [-0.39, 0.29) is 23.2 Å². The Morgan fingerprint density at radius 1 is 1.26 bits per heavy atom. The van der Waals surface area contributed by atoms with Crippen molar-refractivity contribution in [2.45, 2.75) is 69.5 Å². The molecule has 2 aromatic rings. The van der Waals surface area contributed by atoms with Crippen LogP contribution in [0.2, 0.25) is 0 Å². The van der Waals surface area contributed by atoms with Gasteiger partial charge in [0.1, 0.15) is 5.75 Å². The largest absolute Gasteiger partial charge is 0.494 e. The van der Waals surface area contributed by atoms with Crippen molar-refractivity contribution in [3.8, 4) is 17.2 Å². The van der Waals surface area contributed by atoms with Crippen molar-refractivity contribution < 1.29 is 13.9 Å². The summed E-state index contributed by atoms with van der Waals surface area (Å²) in [6.07, 6.45) is 3.31. The minimum absolute atomic E-state index is 0.139. The summed E-state index contributed by atoms with van der Waals surface area (Å²) in [4.78, 5) is 14.9. The topological polar surface area (TPSA) is 68.5 Å². The molecule has 1 aromatic carbocycles. The number of likely N-dealkylation sites (tertiary alicyclic amines) is 1. The zero-order valence-electron chi connectivity index (χ0n) is 16.3. The van der Waals surface area contributed by atoms with Gasteiger partial charge in [-0.05, 0) is 71.2 Å². The van der Waals surface area contributed by atoms with Crippen molar-refractivity contribution in [3.05, 3.63) is 24.3 Å². The van der Waals surface area contributed by atoms with Gasteiger partial charge in [-0.25, -0.2) is 0 Å². The molecular weight excluding hydrogens is 362 g/mol. The highest BCUT2D eigenvalue weighted by Crippen LogP contribution is 2.30. The SMILES string of the molecule is CCOc1ccc(-c2nnc(S[C@H](C)C(=O)N3[C@@H](C)CCC[C@@H]3C)o2)cc1. The zero-order chi connectivity index (χ0) is 19.4. The molecular formula is C20H27N3O3S. The lowest BCUT2D eigenvalue weighted by Crippen LogP contribution is -2.50. The van der Waals surface area contributed by atoms with Crippen molar-refractivity contribution >= 4 is 17.7 Å². The fourth-order valence-corrected chi connectivity index (χ4v) is 4.24. The second-order valence-corrected chi connectivity index (χ2v) is 8.26. The van der Waals surface area contributed by atoms with Crippen molar-refractivity contribution in [2.75, 3.05) is 6.61 Å². The van der Waals surface area contributed by atoms with Gasteiger partial charge in [-0.2, -0.15) is 0 Å². The summed E-state index contributed by atoms with van der Waals surface area (Å²) in [5.41, 5.74) is 0.829. The Hall–Kier alpha value is -2.02. The smallest absolute Gasteiger partial charge is 0.277 e. The molecule has 0 spiro atoms. The molecule has 1 aliphatic rings. The molecule has 1 saturated heterocycles. The number of piperidine rings is 1. The summed E-state index contributed by atoms with van der Waals surface area (Å²) in [5.74, 6) is 1.39. The number of aromatic nitrogens is 2. The van der Waals surface area contributed by atoms with E-state index in [4.69, 9.17) is 9.15 Å². The molecule has 0 saturated carbocycles. The Bertz CT molecular complexity index is 752. The molecule has 3 atom stereocenters. The molecule has 0 radical (unpaired) electrons. The van der Waals surface area contributed by atoms with E-state index in [1.165, 1.54) is 18.2 Å². The maximum absolute atomic E-state index is 12.9. The van der Waals surface area contributed by atoms with Crippen LogP contribution in [0.1, 0.15) is 47.0 Å². The molecule has 1 fully saturated rings. The number of ether oxygens (including phenoxy) is 1. The van der Waals surface area contributed by atoms with E-state index < -0.39 is 0 Å². The monoisotopic (exact) mass is 389 g/mol. The number of rotatable bonds is 6. The lowest BCUT2D eigenvalue weighted by atomic mass is 9.97. The summed E-state index contributed by atoms with van der Waals surface area (Å²) >= 11 is 1.32. The molecule has 6 nitrogen and oxygen atoms in total. The van der Waals surface area contributed by atoms with Crippen LogP contribution in [-0.2, 0) is 4.79 Å². The number of nitrogens with zero attached hydrogens (tertiary/aromatic N) is 3. The zero-order valence-corrected chi connectivity index (χ0v) is 17.2. The van der Waals surface area contributed by atoms with E-state index in [2.05, 4.69) is 24.0 Å². The minimum Gasteiger partial charge on any atom is -0.494 e. The molecule has 27 heavy (non-hydrogen) atoms. The standard InChI is InChI=1S/C20H27N3O3S/c1-5-25-17-11-9-16(10-12-17)18-21-22-20(26-18)27-15(4)19(24)23-13(2)7-6-8-14(23)3/h9-15H,5-8H2,1-4H3/t13-,14-,15+/m0/s1. The van der Waals surface area contributed by atoms with Crippen molar-refractivity contribution in [1.82, 2.24) is 15.1 Å². The minimum atomic E-state index is -0.262. The van der Waals surface area contributed by atoms with E-state index >= 15 is 0 Å². The molecule has 0 bridgehead atoms. The van der Waals surface area contributed by atoms with Crippen LogP contribution in [-0.4, -0.2) is 44.9 Å². The lowest BCUT2D eigenvalue weighted by molar-refractivity contribution is -0.136. The maximum Gasteiger partial charge on any atom is 0.277 e. The van der Waals surface area contributed by atoms with E-state index in [1.54, 1.807) is 0 Å². The van der Waals surface area contributed by atoms with Crippen molar-refractivity contribution in [3.63, 3.8) is 0 Å². The van der Waals surface area contributed by atoms with Gasteiger partial charge in [0.2, 0.25) is 11.8 Å². The first kappa shape index (κ1) is 19.7. The molecule has 1 aromatic heterocycles. The van der Waals surface area contributed by atoms with Gasteiger partial charge >= 0.3 is 0 Å². The number of hydrogen-bond acceptors (Lipinski definition) is 6. The second-order valence-electron chi connectivity index (χ2n) is 6.97. The van der Waals surface area contributed by atoms with Crippen molar-refractivity contribution in [2.24, 2.45) is 0 Å². The Kier molecular flexibility index (Phi) is 6.42. The molecule has 1 amide bonds. The molecule has 1 aliphatic heterocycles. The fourth-order valence-electron chi connectivity index (χ4n) is 3.50. The third kappa shape index (κ3) is 4.64. The van der Waals surface area contributed by atoms with E-state index in [0.29, 0.717) is 17.7 Å². The summed E-state index contributed by atoms with van der Waals surface area (Å²) in [6, 6.07) is 8.09. The van der Waals surface area contributed by atoms with Gasteiger partial charge in [-0.15, -0.1) is 10.2 Å². The molecule has 0 unspecified atom stereocenters. The summed E-state index contributed by atoms with van der Waals surface area (Å²) in [7, 11) is 0. The first-order valence-corrected chi connectivity index (χ1v) is 10.4. The quantitative estimate of drug-likeness (QED) is 0.682. The third-order valence-corrected chi connectivity index (χ3v) is 5.81. The normalized spacial score (nSPS) is 21.1. The van der Waals surface area contributed by atoms with E-state index in [0.717, 1.165) is 24.2 Å². The Labute approximate surface area is 164 Å². The Morgan fingerprint density at radius 2 is 1.93 bits per heavy atom. The van der Waals surface area contributed by atoms with Crippen LogP contribution >= 0.6 is 11.8 Å². The summed E-state index contributed by atoms with van der Waals surface area (Å²) in [5, 5.41) is 8.37. The molecule has 2 heterocycles. The molecule has 0 N–H and O–H groups in total. The molecule has 3 rings (SSSR count). The number of amides is 1. The van der Waals surface area contributed by atoms with E-state index in [9.17, 15) is 4.79 Å². The first-order chi connectivity index (χ1) is 13.0. The van der Waals surface area contributed by atoms with Crippen LogP contribution in [0.4, 0.5) is 0 Å². The van der Waals surface area contributed by atoms with Crippen LogP contribution in [0.15, 0.2) is 33.9 Å². The fraction of sp³-hybridized carbons (Fsp3) is 0.550. The number of carbonyl (C=O) groups excluding carboxylic acids is 1. The van der Waals surface area contributed by atoms with Crippen LogP contribution in [0.5, 0.6) is 5.75 Å². The predicted molar refractivity (Wildman–Crippen MR) is 106 cm³/mol. The van der Waals surface area contributed by atoms with Gasteiger partial charge in [-0.3, -0.25) is 4.79 Å². The average molecular weight is 390 g/mol. The third-order valence-electron chi connectivity index (χ3n) is 4.89. The number of hydrogen-bond donors (Lipinski definition) is 0. The predicted octanol–water partition coefficient (Wildman–Crippen LogP) is 4.41. The highest BCUT2D eigenvalue weighted by atomic mass is 32.2. The van der Waals surface area contributed by atoms with Crippen molar-refractivity contribution in [1.29, 1.82) is 0 Å². The number of benzene rings is 1. The van der Waals surface area contributed by atoms with Crippen LogP contribution in [0, 0.1) is 0 Å². The maximum atomic E-state index is 12.9. The molecule has 0 aliphatic carbocycles. The highest BCUT2D eigenvalue weighted by Gasteiger charge is 2.32. The molecule has 146 valence electrons. The number of carbonyl (C=O) groups is 1. The van der Waals surface area contributed by atoms with Gasteiger partial charge in [0.25, 0.3) is 5.22 Å². The average Bonchev–Trinajstić information content (AvgIpc) is 3.11. The number of thioether (sulfide) groups is 1. The Balaban J connectivity index is 1.65. The van der Waals surface area contributed by atoms with E-state index in [1.807, 2.05) is 43.0 Å². The van der Waals surface area contributed by atoms with Crippen LogP contribution in [0.25, 0.3) is 11.5 Å². The van der Waals surface area contributed by atoms with Crippen LogP contribution < -0.4 is 4.74 Å².